The van der Waals surface area contributed by atoms with Gasteiger partial charge >= 0.3 is 17.9 Å². The highest BCUT2D eigenvalue weighted by atomic mass is 16.4. The SMILES string of the molecule is O=C(O)CCN(C(CO)C(=O)O)C(CO)C(=O)O. The molecule has 0 spiro atoms. The van der Waals surface area contributed by atoms with E-state index >= 15 is 0 Å². The normalized spacial score (nSPS) is 14.2. The molecule has 2 atom stereocenters. The van der Waals surface area contributed by atoms with Gasteiger partial charge in [-0.1, -0.05) is 0 Å². The predicted molar refractivity (Wildman–Crippen MR) is 56.0 cm³/mol. The zero-order valence-electron chi connectivity index (χ0n) is 9.39. The number of aliphatic hydroxyl groups is 2. The van der Waals surface area contributed by atoms with Crippen LogP contribution in [-0.4, -0.2) is 80.2 Å². The van der Waals surface area contributed by atoms with E-state index in [4.69, 9.17) is 25.5 Å². The zero-order valence-corrected chi connectivity index (χ0v) is 9.39. The monoisotopic (exact) mass is 265 g/mol. The minimum absolute atomic E-state index is 0.412. The number of aliphatic carboxylic acids is 3. The molecule has 0 aromatic heterocycles. The van der Waals surface area contributed by atoms with Gasteiger partial charge < -0.3 is 25.5 Å². The first kappa shape index (κ1) is 16.3. The van der Waals surface area contributed by atoms with Crippen molar-refractivity contribution in [1.29, 1.82) is 0 Å². The van der Waals surface area contributed by atoms with Gasteiger partial charge in [-0.2, -0.15) is 0 Å². The van der Waals surface area contributed by atoms with Gasteiger partial charge in [0, 0.05) is 6.54 Å². The van der Waals surface area contributed by atoms with E-state index in [0.717, 1.165) is 4.90 Å². The van der Waals surface area contributed by atoms with Crippen molar-refractivity contribution < 1.29 is 39.9 Å². The van der Waals surface area contributed by atoms with Crippen molar-refractivity contribution in [2.75, 3.05) is 19.8 Å². The molecular formula is C9H15NO8. The Morgan fingerprint density at radius 3 is 1.50 bits per heavy atom. The minimum atomic E-state index is -1.59. The molecule has 0 aromatic carbocycles. The van der Waals surface area contributed by atoms with E-state index in [0.29, 0.717) is 0 Å². The lowest BCUT2D eigenvalue weighted by atomic mass is 10.1. The smallest absolute Gasteiger partial charge is 0.323 e. The Labute approximate surface area is 102 Å². The molecule has 0 aromatic rings. The average Bonchev–Trinajstić information content (AvgIpc) is 2.25. The summed E-state index contributed by atoms with van der Waals surface area (Å²) in [6.45, 7) is -2.19. The number of hydrogen-bond donors (Lipinski definition) is 5. The topological polar surface area (TPSA) is 156 Å². The van der Waals surface area contributed by atoms with Gasteiger partial charge in [0.2, 0.25) is 0 Å². The number of hydrogen-bond acceptors (Lipinski definition) is 6. The van der Waals surface area contributed by atoms with Gasteiger partial charge in [-0.3, -0.25) is 19.3 Å². The van der Waals surface area contributed by atoms with Crippen molar-refractivity contribution in [2.45, 2.75) is 18.5 Å². The number of aliphatic hydroxyl groups excluding tert-OH is 2. The fourth-order valence-electron chi connectivity index (χ4n) is 1.40. The summed E-state index contributed by atoms with van der Waals surface area (Å²) in [4.78, 5) is 32.8. The highest BCUT2D eigenvalue weighted by molar-refractivity contribution is 5.78. The van der Waals surface area contributed by atoms with Crippen LogP contribution in [0.5, 0.6) is 0 Å². The second-order valence-electron chi connectivity index (χ2n) is 3.45. The Hall–Kier alpha value is -1.71. The summed E-state index contributed by atoms with van der Waals surface area (Å²) in [5.74, 6) is -4.24. The van der Waals surface area contributed by atoms with Gasteiger partial charge in [0.15, 0.2) is 0 Å². The molecule has 0 radical (unpaired) electrons. The van der Waals surface area contributed by atoms with Crippen LogP contribution < -0.4 is 0 Å². The van der Waals surface area contributed by atoms with Gasteiger partial charge in [-0.15, -0.1) is 0 Å². The third kappa shape index (κ3) is 4.65. The Morgan fingerprint density at radius 2 is 1.28 bits per heavy atom. The molecule has 0 amide bonds. The first-order chi connectivity index (χ1) is 8.34. The molecule has 18 heavy (non-hydrogen) atoms. The van der Waals surface area contributed by atoms with Crippen LogP contribution in [0.1, 0.15) is 6.42 Å². The molecule has 0 aliphatic rings. The van der Waals surface area contributed by atoms with Crippen molar-refractivity contribution in [2.24, 2.45) is 0 Å². The molecule has 9 heteroatoms. The molecule has 0 rings (SSSR count). The maximum atomic E-state index is 10.8. The molecule has 2 unspecified atom stereocenters. The number of rotatable bonds is 9. The molecule has 0 saturated heterocycles. The van der Waals surface area contributed by atoms with E-state index in [1.165, 1.54) is 0 Å². The van der Waals surface area contributed by atoms with Gasteiger partial charge in [0.1, 0.15) is 12.1 Å². The lowest BCUT2D eigenvalue weighted by Gasteiger charge is -2.31. The van der Waals surface area contributed by atoms with E-state index in [1.54, 1.807) is 0 Å². The summed E-state index contributed by atoms with van der Waals surface area (Å²) in [5, 5.41) is 44.0. The fraction of sp³-hybridized carbons (Fsp3) is 0.667. The summed E-state index contributed by atoms with van der Waals surface area (Å²) in [5.41, 5.74) is 0. The van der Waals surface area contributed by atoms with Crippen LogP contribution in [0.25, 0.3) is 0 Å². The molecule has 0 saturated carbocycles. The quantitative estimate of drug-likeness (QED) is 0.308. The van der Waals surface area contributed by atoms with Crippen molar-refractivity contribution in [1.82, 2.24) is 4.90 Å². The van der Waals surface area contributed by atoms with E-state index in [2.05, 4.69) is 0 Å². The maximum absolute atomic E-state index is 10.8. The van der Waals surface area contributed by atoms with E-state index in [-0.39, 0.29) is 0 Å². The van der Waals surface area contributed by atoms with Crippen LogP contribution in [0, 0.1) is 0 Å². The molecule has 0 fully saturated rings. The maximum Gasteiger partial charge on any atom is 0.323 e. The van der Waals surface area contributed by atoms with Crippen molar-refractivity contribution in [3.05, 3.63) is 0 Å². The van der Waals surface area contributed by atoms with Crippen LogP contribution in [-0.2, 0) is 14.4 Å². The summed E-state index contributed by atoms with van der Waals surface area (Å²) in [6, 6.07) is -3.17. The number of carboxylic acids is 3. The predicted octanol–water partition coefficient (Wildman–Crippen LogP) is -2.35. The van der Waals surface area contributed by atoms with Crippen molar-refractivity contribution in [3.8, 4) is 0 Å². The highest BCUT2D eigenvalue weighted by Gasteiger charge is 2.34. The summed E-state index contributed by atoms with van der Waals surface area (Å²) < 4.78 is 0. The third-order valence-corrected chi connectivity index (χ3v) is 2.30. The van der Waals surface area contributed by atoms with Gasteiger partial charge in [0.25, 0.3) is 0 Å². The first-order valence-electron chi connectivity index (χ1n) is 5.00. The van der Waals surface area contributed by atoms with Crippen molar-refractivity contribution >= 4 is 17.9 Å². The molecule has 104 valence electrons. The number of nitrogens with zero attached hydrogens (tertiary/aromatic N) is 1. The molecular weight excluding hydrogens is 250 g/mol. The Kier molecular flexibility index (Phi) is 6.86. The Bertz CT molecular complexity index is 296. The van der Waals surface area contributed by atoms with E-state index in [1.807, 2.05) is 0 Å². The molecule has 0 bridgehead atoms. The molecule has 0 aliphatic heterocycles. The Morgan fingerprint density at radius 1 is 0.889 bits per heavy atom. The highest BCUT2D eigenvalue weighted by Crippen LogP contribution is 2.08. The van der Waals surface area contributed by atoms with E-state index < -0.39 is 56.2 Å². The number of carboxylic acid groups (broad SMARTS) is 3. The zero-order chi connectivity index (χ0) is 14.3. The second kappa shape index (κ2) is 7.58. The van der Waals surface area contributed by atoms with Crippen LogP contribution in [0.3, 0.4) is 0 Å². The fourth-order valence-corrected chi connectivity index (χ4v) is 1.40. The minimum Gasteiger partial charge on any atom is -0.481 e. The standard InChI is InChI=1S/C9H15NO8/c11-3-5(8(15)16)10(2-1-7(13)14)6(4-12)9(17)18/h5-6,11-12H,1-4H2,(H,13,14)(H,15,16)(H,17,18). The largest absolute Gasteiger partial charge is 0.481 e. The van der Waals surface area contributed by atoms with Crippen molar-refractivity contribution in [3.63, 3.8) is 0 Å². The lowest BCUT2D eigenvalue weighted by Crippen LogP contribution is -2.54. The molecule has 5 N–H and O–H groups in total. The second-order valence-corrected chi connectivity index (χ2v) is 3.45. The van der Waals surface area contributed by atoms with Gasteiger partial charge in [-0.25, -0.2) is 0 Å². The summed E-state index contributed by atoms with van der Waals surface area (Å²) in [7, 11) is 0. The molecule has 0 heterocycles. The van der Waals surface area contributed by atoms with E-state index in [9.17, 15) is 14.4 Å². The van der Waals surface area contributed by atoms with Crippen LogP contribution in [0.15, 0.2) is 0 Å². The van der Waals surface area contributed by atoms with Gasteiger partial charge in [-0.05, 0) is 0 Å². The Balaban J connectivity index is 5.05. The third-order valence-electron chi connectivity index (χ3n) is 2.30. The van der Waals surface area contributed by atoms with Gasteiger partial charge in [0.05, 0.1) is 19.6 Å². The number of carbonyl (C=O) groups is 3. The van der Waals surface area contributed by atoms with Crippen LogP contribution in [0.4, 0.5) is 0 Å². The van der Waals surface area contributed by atoms with Crippen LogP contribution in [0.2, 0.25) is 0 Å². The molecule has 0 aliphatic carbocycles. The summed E-state index contributed by atoms with van der Waals surface area (Å²) >= 11 is 0. The summed E-state index contributed by atoms with van der Waals surface area (Å²) in [6.07, 6.45) is -0.506. The lowest BCUT2D eigenvalue weighted by molar-refractivity contribution is -0.155. The first-order valence-corrected chi connectivity index (χ1v) is 5.00. The van der Waals surface area contributed by atoms with Crippen LogP contribution >= 0.6 is 0 Å². The average molecular weight is 265 g/mol. The molecule has 9 nitrogen and oxygen atoms in total.